The normalized spacial score (nSPS) is 20.4. The summed E-state index contributed by atoms with van der Waals surface area (Å²) in [5.41, 5.74) is 1.14. The first-order valence-electron chi connectivity index (χ1n) is 10.2. The molecule has 2 aromatic heterocycles. The lowest BCUT2D eigenvalue weighted by atomic mass is 9.95. The Balaban J connectivity index is 1.22. The van der Waals surface area contributed by atoms with Gasteiger partial charge in [0.05, 0.1) is 27.8 Å². The Morgan fingerprint density at radius 1 is 1.00 bits per heavy atom. The molecule has 2 aliphatic rings. The molecular formula is C20H26N6S. The number of thiazole rings is 1. The van der Waals surface area contributed by atoms with Gasteiger partial charge in [-0.2, -0.15) is 0 Å². The lowest BCUT2D eigenvalue weighted by molar-refractivity contribution is 0.192. The van der Waals surface area contributed by atoms with Crippen LogP contribution in [0.25, 0.3) is 10.2 Å². The molecule has 1 saturated carbocycles. The zero-order chi connectivity index (χ0) is 18.1. The van der Waals surface area contributed by atoms with Crippen molar-refractivity contribution in [2.75, 3.05) is 13.1 Å². The molecule has 1 aromatic carbocycles. The van der Waals surface area contributed by atoms with Crippen molar-refractivity contribution in [2.24, 2.45) is 0 Å². The third-order valence-corrected chi connectivity index (χ3v) is 7.29. The number of hydrogen-bond acceptors (Lipinski definition) is 6. The van der Waals surface area contributed by atoms with E-state index in [9.17, 15) is 0 Å². The number of piperidine rings is 1. The van der Waals surface area contributed by atoms with Crippen LogP contribution in [0.15, 0.2) is 24.3 Å². The van der Waals surface area contributed by atoms with Crippen molar-refractivity contribution in [1.29, 1.82) is 0 Å². The summed E-state index contributed by atoms with van der Waals surface area (Å²) in [5.74, 6) is 1.63. The molecule has 0 atom stereocenters. The Morgan fingerprint density at radius 3 is 2.63 bits per heavy atom. The summed E-state index contributed by atoms with van der Waals surface area (Å²) < 4.78 is 3.42. The second-order valence-corrected chi connectivity index (χ2v) is 8.96. The Morgan fingerprint density at radius 2 is 1.81 bits per heavy atom. The average molecular weight is 383 g/mol. The van der Waals surface area contributed by atoms with Crippen molar-refractivity contribution in [3.8, 4) is 0 Å². The van der Waals surface area contributed by atoms with E-state index in [4.69, 9.17) is 4.98 Å². The van der Waals surface area contributed by atoms with E-state index in [0.29, 0.717) is 12.0 Å². The molecule has 0 spiro atoms. The smallest absolute Gasteiger partial charge is 0.165 e. The van der Waals surface area contributed by atoms with E-state index in [0.717, 1.165) is 31.0 Å². The summed E-state index contributed by atoms with van der Waals surface area (Å²) in [4.78, 5) is 7.38. The highest BCUT2D eigenvalue weighted by atomic mass is 32.1. The largest absolute Gasteiger partial charge is 0.296 e. The minimum Gasteiger partial charge on any atom is -0.296 e. The number of likely N-dealkylation sites (tertiary alicyclic amines) is 1. The van der Waals surface area contributed by atoms with E-state index in [-0.39, 0.29) is 0 Å². The summed E-state index contributed by atoms with van der Waals surface area (Å²) in [6, 6.07) is 8.98. The van der Waals surface area contributed by atoms with Crippen LogP contribution in [0.3, 0.4) is 0 Å². The molecular weight excluding hydrogens is 356 g/mol. The predicted molar refractivity (Wildman–Crippen MR) is 107 cm³/mol. The molecule has 0 bridgehead atoms. The zero-order valence-electron chi connectivity index (χ0n) is 15.6. The fraction of sp³-hybridized carbons (Fsp3) is 0.600. The molecule has 1 aliphatic carbocycles. The van der Waals surface area contributed by atoms with Gasteiger partial charge >= 0.3 is 0 Å². The Hall–Kier alpha value is -1.86. The highest BCUT2D eigenvalue weighted by Gasteiger charge is 2.26. The number of aromatic nitrogens is 5. The van der Waals surface area contributed by atoms with Gasteiger partial charge in [0.25, 0.3) is 0 Å². The summed E-state index contributed by atoms with van der Waals surface area (Å²) in [6.45, 7) is 3.06. The van der Waals surface area contributed by atoms with Gasteiger partial charge in [-0.15, -0.1) is 16.4 Å². The van der Waals surface area contributed by atoms with E-state index < -0.39 is 0 Å². The molecule has 6 nitrogen and oxygen atoms in total. The minimum absolute atomic E-state index is 0.504. The molecule has 0 amide bonds. The number of nitrogens with zero attached hydrogens (tertiary/aromatic N) is 6. The Labute approximate surface area is 163 Å². The number of fused-ring (bicyclic) bond motifs is 1. The zero-order valence-corrected chi connectivity index (χ0v) is 16.4. The molecule has 142 valence electrons. The predicted octanol–water partition coefficient (Wildman–Crippen LogP) is 4.17. The van der Waals surface area contributed by atoms with Crippen LogP contribution in [0.5, 0.6) is 0 Å². The van der Waals surface area contributed by atoms with E-state index >= 15 is 0 Å². The van der Waals surface area contributed by atoms with Crippen LogP contribution in [-0.2, 0) is 6.54 Å². The quantitative estimate of drug-likeness (QED) is 0.678. The topological polar surface area (TPSA) is 59.7 Å². The number of hydrogen-bond donors (Lipinski definition) is 0. The molecule has 27 heavy (non-hydrogen) atoms. The highest BCUT2D eigenvalue weighted by molar-refractivity contribution is 7.18. The first-order valence-corrected chi connectivity index (χ1v) is 11.0. The van der Waals surface area contributed by atoms with E-state index in [1.54, 1.807) is 0 Å². The van der Waals surface area contributed by atoms with Gasteiger partial charge in [-0.05, 0) is 61.3 Å². The maximum Gasteiger partial charge on any atom is 0.165 e. The van der Waals surface area contributed by atoms with Crippen molar-refractivity contribution < 1.29 is 0 Å². The van der Waals surface area contributed by atoms with E-state index in [2.05, 4.69) is 49.4 Å². The van der Waals surface area contributed by atoms with Crippen molar-refractivity contribution in [3.63, 3.8) is 0 Å². The van der Waals surface area contributed by atoms with Gasteiger partial charge < -0.3 is 0 Å². The Bertz CT molecular complexity index is 856. The number of para-hydroxylation sites is 1. The minimum atomic E-state index is 0.504. The lowest BCUT2D eigenvalue weighted by Crippen LogP contribution is -2.34. The molecule has 0 radical (unpaired) electrons. The first kappa shape index (κ1) is 17.3. The van der Waals surface area contributed by atoms with Gasteiger partial charge in [0, 0.05) is 5.92 Å². The second-order valence-electron chi connectivity index (χ2n) is 7.90. The van der Waals surface area contributed by atoms with Crippen LogP contribution < -0.4 is 0 Å². The fourth-order valence-electron chi connectivity index (χ4n) is 4.53. The average Bonchev–Trinajstić information content (AvgIpc) is 3.36. The van der Waals surface area contributed by atoms with E-state index in [1.165, 1.54) is 54.7 Å². The van der Waals surface area contributed by atoms with Gasteiger partial charge in [-0.3, -0.25) is 4.90 Å². The molecule has 3 aromatic rings. The lowest BCUT2D eigenvalue weighted by Gasteiger charge is -2.31. The maximum atomic E-state index is 4.88. The number of benzene rings is 1. The van der Waals surface area contributed by atoms with Gasteiger partial charge in [0.2, 0.25) is 0 Å². The molecule has 5 rings (SSSR count). The molecule has 3 heterocycles. The highest BCUT2D eigenvalue weighted by Crippen LogP contribution is 2.34. The van der Waals surface area contributed by atoms with Crippen LogP contribution >= 0.6 is 11.3 Å². The molecule has 2 fully saturated rings. The van der Waals surface area contributed by atoms with Gasteiger partial charge in [0.1, 0.15) is 0 Å². The van der Waals surface area contributed by atoms with Crippen LogP contribution in [0, 0.1) is 0 Å². The molecule has 1 saturated heterocycles. The van der Waals surface area contributed by atoms with Crippen molar-refractivity contribution in [2.45, 2.75) is 63.5 Å². The third kappa shape index (κ3) is 3.62. The van der Waals surface area contributed by atoms with Crippen LogP contribution in [0.2, 0.25) is 0 Å². The molecule has 0 N–H and O–H groups in total. The van der Waals surface area contributed by atoms with Crippen LogP contribution in [0.4, 0.5) is 0 Å². The summed E-state index contributed by atoms with van der Waals surface area (Å²) >= 11 is 1.87. The summed E-state index contributed by atoms with van der Waals surface area (Å²) in [7, 11) is 0. The molecule has 0 unspecified atom stereocenters. The summed E-state index contributed by atoms with van der Waals surface area (Å²) in [6.07, 6.45) is 8.74. The van der Waals surface area contributed by atoms with E-state index in [1.807, 2.05) is 11.3 Å². The van der Waals surface area contributed by atoms with Gasteiger partial charge in [0.15, 0.2) is 5.82 Å². The summed E-state index contributed by atoms with van der Waals surface area (Å²) in [5, 5.41) is 13.9. The number of rotatable bonds is 4. The first-order chi connectivity index (χ1) is 13.4. The van der Waals surface area contributed by atoms with Crippen molar-refractivity contribution in [3.05, 3.63) is 35.1 Å². The molecule has 1 aliphatic heterocycles. The van der Waals surface area contributed by atoms with Crippen molar-refractivity contribution in [1.82, 2.24) is 30.1 Å². The Kier molecular flexibility index (Phi) is 4.88. The second kappa shape index (κ2) is 7.64. The monoisotopic (exact) mass is 382 g/mol. The third-order valence-electron chi connectivity index (χ3n) is 6.09. The van der Waals surface area contributed by atoms with Gasteiger partial charge in [-0.1, -0.05) is 31.4 Å². The standard InChI is InChI=1S/C20H26N6S/c1-2-6-16(7-3-1)26-19(22-23-24-26)14-25-12-10-15(11-13-25)20-21-17-8-4-5-9-18(17)27-20/h4-5,8-9,15-16H,1-3,6-7,10-14H2. The van der Waals surface area contributed by atoms with Gasteiger partial charge in [-0.25, -0.2) is 9.67 Å². The SMILES string of the molecule is c1ccc2sc(C3CCN(Cc4nnnn4C4CCCCC4)CC3)nc2c1. The van der Waals surface area contributed by atoms with Crippen LogP contribution in [-0.4, -0.2) is 43.2 Å². The van der Waals surface area contributed by atoms with Crippen molar-refractivity contribution >= 4 is 21.6 Å². The fourth-order valence-corrected chi connectivity index (χ4v) is 5.66. The number of tetrazole rings is 1. The molecule has 7 heteroatoms. The maximum absolute atomic E-state index is 4.88. The van der Waals surface area contributed by atoms with Crippen LogP contribution in [0.1, 0.15) is 67.7 Å².